The van der Waals surface area contributed by atoms with E-state index in [4.69, 9.17) is 5.11 Å². The van der Waals surface area contributed by atoms with E-state index in [9.17, 15) is 9.59 Å². The van der Waals surface area contributed by atoms with Crippen LogP contribution in [0.25, 0.3) is 0 Å². The number of aryl methyl sites for hydroxylation is 1. The monoisotopic (exact) mass is 192 g/mol. The van der Waals surface area contributed by atoms with Gasteiger partial charge < -0.3 is 5.11 Å². The summed E-state index contributed by atoms with van der Waals surface area (Å²) in [5.41, 5.74) is 0.423. The van der Waals surface area contributed by atoms with Gasteiger partial charge in [-0.3, -0.25) is 9.48 Å². The lowest BCUT2D eigenvalue weighted by Crippen LogP contribution is -2.09. The Morgan fingerprint density at radius 3 is 2.64 bits per heavy atom. The standard InChI is InChI=1S/C8H5N3O3/c1-11-6(8(13)14)2-4(10-11)7(12)5-3-9-5/h2-3H,1H3/p+1. The average Bonchev–Trinajstić information content (AvgIpc) is 2.88. The van der Waals surface area contributed by atoms with E-state index in [-0.39, 0.29) is 17.2 Å². The number of aromatic nitrogens is 2. The van der Waals surface area contributed by atoms with Crippen molar-refractivity contribution < 1.29 is 14.7 Å². The van der Waals surface area contributed by atoms with Crippen LogP contribution >= 0.6 is 0 Å². The van der Waals surface area contributed by atoms with Crippen molar-refractivity contribution in [1.29, 1.82) is 0 Å². The van der Waals surface area contributed by atoms with Crippen LogP contribution in [0.4, 0.5) is 0 Å². The molecule has 1 aliphatic heterocycles. The van der Waals surface area contributed by atoms with Gasteiger partial charge in [0.15, 0.2) is 0 Å². The fourth-order valence-corrected chi connectivity index (χ4v) is 1.06. The van der Waals surface area contributed by atoms with E-state index < -0.39 is 5.97 Å². The lowest BCUT2D eigenvalue weighted by atomic mass is 10.2. The van der Waals surface area contributed by atoms with Crippen LogP contribution in [0.5, 0.6) is 0 Å². The molecule has 0 spiro atoms. The molecule has 0 atom stereocenters. The Labute approximate surface area is 78.2 Å². The Kier molecular flexibility index (Phi) is 1.59. The minimum atomic E-state index is -1.11. The smallest absolute Gasteiger partial charge is 0.457 e. The highest BCUT2D eigenvalue weighted by Crippen LogP contribution is 2.04. The van der Waals surface area contributed by atoms with Crippen molar-refractivity contribution >= 4 is 23.7 Å². The van der Waals surface area contributed by atoms with Crippen molar-refractivity contribution in [1.82, 2.24) is 14.4 Å². The van der Waals surface area contributed by atoms with Gasteiger partial charge >= 0.3 is 23.7 Å². The van der Waals surface area contributed by atoms with Crippen LogP contribution in [0, 0.1) is 0 Å². The maximum absolute atomic E-state index is 11.4. The molecule has 70 valence electrons. The van der Waals surface area contributed by atoms with Crippen molar-refractivity contribution in [2.75, 3.05) is 0 Å². The molecule has 0 radical (unpaired) electrons. The van der Waals surface area contributed by atoms with Gasteiger partial charge in [0, 0.05) is 13.1 Å². The predicted molar refractivity (Wildman–Crippen MR) is 47.7 cm³/mol. The first kappa shape index (κ1) is 8.40. The van der Waals surface area contributed by atoms with E-state index in [1.807, 2.05) is 0 Å². The van der Waals surface area contributed by atoms with Gasteiger partial charge in [-0.05, 0) is 0 Å². The molecule has 1 aromatic rings. The summed E-state index contributed by atoms with van der Waals surface area (Å²) in [5.74, 6) is -1.45. The van der Waals surface area contributed by atoms with Crippen LogP contribution in [-0.2, 0) is 7.05 Å². The van der Waals surface area contributed by atoms with Gasteiger partial charge in [0.25, 0.3) is 0 Å². The summed E-state index contributed by atoms with van der Waals surface area (Å²) in [5, 5.41) is 12.5. The van der Waals surface area contributed by atoms with E-state index in [1.165, 1.54) is 19.3 Å². The molecule has 0 aliphatic carbocycles. The number of ketones is 1. The highest BCUT2D eigenvalue weighted by molar-refractivity contribution is 6.70. The Morgan fingerprint density at radius 1 is 1.57 bits per heavy atom. The Morgan fingerprint density at radius 2 is 2.21 bits per heavy atom. The van der Waals surface area contributed by atoms with Crippen LogP contribution < -0.4 is 4.67 Å². The first-order chi connectivity index (χ1) is 6.59. The topological polar surface area (TPSA) is 86.3 Å². The molecule has 14 heavy (non-hydrogen) atoms. The van der Waals surface area contributed by atoms with Gasteiger partial charge in [-0.25, -0.2) is 4.79 Å². The number of rotatable bonds is 3. The minimum Gasteiger partial charge on any atom is -0.477 e. The molecule has 0 saturated carbocycles. The predicted octanol–water partition coefficient (Wildman–Crippen LogP) is -1.11. The van der Waals surface area contributed by atoms with E-state index in [0.717, 1.165) is 4.68 Å². The molecule has 6 nitrogen and oxygen atoms in total. The number of carboxylic acids is 1. The maximum Gasteiger partial charge on any atom is 0.457 e. The van der Waals surface area contributed by atoms with Gasteiger partial charge in [-0.2, -0.15) is 5.10 Å². The molecule has 6 heteroatoms. The highest BCUT2D eigenvalue weighted by atomic mass is 16.4. The van der Waals surface area contributed by atoms with E-state index >= 15 is 0 Å². The molecule has 1 aliphatic rings. The summed E-state index contributed by atoms with van der Waals surface area (Å²) in [4.78, 5) is 22.0. The summed E-state index contributed by atoms with van der Waals surface area (Å²) < 4.78 is 4.76. The number of aromatic carboxylic acids is 1. The van der Waals surface area contributed by atoms with Crippen molar-refractivity contribution in [2.24, 2.45) is 7.05 Å². The Hall–Kier alpha value is -2.20. The van der Waals surface area contributed by atoms with Crippen molar-refractivity contribution in [3.8, 4) is 0 Å². The quantitative estimate of drug-likeness (QED) is 0.486. The first-order valence-corrected chi connectivity index (χ1v) is 3.82. The van der Waals surface area contributed by atoms with Crippen molar-refractivity contribution in [3.05, 3.63) is 17.5 Å². The summed E-state index contributed by atoms with van der Waals surface area (Å²) in [7, 11) is 1.47. The van der Waals surface area contributed by atoms with Crippen LogP contribution in [0.1, 0.15) is 21.0 Å². The van der Waals surface area contributed by atoms with E-state index in [2.05, 4.69) is 9.77 Å². The SMILES string of the molecule is Cn1nc(C(=O)C2=[N+]=C2)cc1C(=O)O. The third-order valence-electron chi connectivity index (χ3n) is 1.82. The first-order valence-electron chi connectivity index (χ1n) is 3.82. The molecule has 0 unspecified atom stereocenters. The second kappa shape index (κ2) is 2.65. The molecule has 0 aromatic carbocycles. The third kappa shape index (κ3) is 1.23. The fraction of sp³-hybridized carbons (Fsp3) is 0.125. The number of carboxylic acid groups (broad SMARTS) is 1. The number of hydrogen-bond donors (Lipinski definition) is 1. The zero-order valence-electron chi connectivity index (χ0n) is 7.26. The zero-order valence-corrected chi connectivity index (χ0v) is 7.26. The van der Waals surface area contributed by atoms with Crippen LogP contribution in [0.15, 0.2) is 6.07 Å². The van der Waals surface area contributed by atoms with Gasteiger partial charge in [-0.1, -0.05) is 4.67 Å². The largest absolute Gasteiger partial charge is 0.477 e. The number of nitrogens with zero attached hydrogens (tertiary/aromatic N) is 3. The van der Waals surface area contributed by atoms with Gasteiger partial charge in [0.1, 0.15) is 11.4 Å². The number of carbonyl (C=O) groups is 2. The lowest BCUT2D eigenvalue weighted by Gasteiger charge is -1.90. The minimum absolute atomic E-state index is 0.0189. The molecule has 0 amide bonds. The number of Topliss-reactive ketones (excluding diaryl/α,β-unsaturated/α-hetero) is 1. The fourth-order valence-electron chi connectivity index (χ4n) is 1.06. The number of hydrogen-bond acceptors (Lipinski definition) is 3. The molecule has 1 aromatic heterocycles. The van der Waals surface area contributed by atoms with Crippen LogP contribution in [0.3, 0.4) is 0 Å². The second-order valence-corrected chi connectivity index (χ2v) is 2.82. The second-order valence-electron chi connectivity index (χ2n) is 2.82. The Balaban J connectivity index is 2.36. The Bertz CT molecular complexity index is 506. The molecule has 0 saturated heterocycles. The zero-order chi connectivity index (χ0) is 10.3. The molecule has 2 rings (SSSR count). The van der Waals surface area contributed by atoms with E-state index in [1.54, 1.807) is 0 Å². The normalized spacial score (nSPS) is 12.5. The highest BCUT2D eigenvalue weighted by Gasteiger charge is 2.36. The van der Waals surface area contributed by atoms with Crippen molar-refractivity contribution in [3.63, 3.8) is 0 Å². The lowest BCUT2D eigenvalue weighted by molar-refractivity contribution is 0.0685. The molecular weight excluding hydrogens is 186 g/mol. The van der Waals surface area contributed by atoms with Gasteiger partial charge in [0.2, 0.25) is 0 Å². The van der Waals surface area contributed by atoms with E-state index in [0.29, 0.717) is 5.71 Å². The maximum atomic E-state index is 11.4. The summed E-state index contributed by atoms with van der Waals surface area (Å²) in [6.45, 7) is 0. The van der Waals surface area contributed by atoms with Gasteiger partial charge in [0.05, 0.1) is 0 Å². The molecule has 0 fully saturated rings. The molecule has 2 heterocycles. The van der Waals surface area contributed by atoms with Crippen LogP contribution in [-0.4, -0.2) is 38.6 Å². The van der Waals surface area contributed by atoms with Gasteiger partial charge in [-0.15, -0.1) is 0 Å². The molecule has 0 bridgehead atoms. The average molecular weight is 192 g/mol. The molecule has 1 N–H and O–H groups in total. The summed E-state index contributed by atoms with van der Waals surface area (Å²) in [6, 6.07) is 1.24. The summed E-state index contributed by atoms with van der Waals surface area (Å²) >= 11 is 0. The third-order valence-corrected chi connectivity index (χ3v) is 1.82. The molecular formula is C8H6N3O3+. The summed E-state index contributed by atoms with van der Waals surface area (Å²) in [6.07, 6.45) is 1.41. The van der Waals surface area contributed by atoms with Crippen LogP contribution in [0.2, 0.25) is 0 Å². The number of carbonyl (C=O) groups excluding carboxylic acids is 1. The van der Waals surface area contributed by atoms with Crippen molar-refractivity contribution in [2.45, 2.75) is 0 Å².